The fourth-order valence-corrected chi connectivity index (χ4v) is 16.2. The Balaban J connectivity index is 1.13. The molecule has 13 aromatic carbocycles. The van der Waals surface area contributed by atoms with Crippen LogP contribution in [0.2, 0.25) is 0 Å². The van der Waals surface area contributed by atoms with Crippen molar-refractivity contribution in [2.75, 3.05) is 0 Å². The average molecular weight is 1310 g/mol. The van der Waals surface area contributed by atoms with E-state index in [4.69, 9.17) is 37.1 Å². The second-order valence-electron chi connectivity index (χ2n) is 23.3. The Morgan fingerprint density at radius 3 is 1.62 bits per heavy atom. The van der Waals surface area contributed by atoms with Crippen LogP contribution < -0.4 is 30.1 Å². The minimum atomic E-state index is -6.80. The van der Waals surface area contributed by atoms with Crippen LogP contribution in [0, 0.1) is 26.9 Å². The number of hydrogen-bond acceptors (Lipinski definition) is 2. The summed E-state index contributed by atoms with van der Waals surface area (Å²) >= 11 is 0. The van der Waals surface area contributed by atoms with Crippen molar-refractivity contribution in [1.82, 2.24) is 14.1 Å². The molecule has 0 bridgehead atoms. The molecule has 0 spiro atoms. The molecule has 0 aliphatic heterocycles. The van der Waals surface area contributed by atoms with E-state index in [1.165, 1.54) is 71.3 Å². The maximum Gasteiger partial charge on any atom is 0.269 e. The summed E-state index contributed by atoms with van der Waals surface area (Å²) in [5, 5.41) is -3.04. The fraction of sp³-hybridized carbons (Fsp3) is 0.0769. The van der Waals surface area contributed by atoms with E-state index in [0.29, 0.717) is 21.8 Å². The number of fused-ring (bicyclic) bond motifs is 4. The standard InChI is InChI=1S/C91H72N4OSi/c1-62-29-27-30-63(2)89(62)68-47-50-84-86(55-68)93(73-37-28-38-74(58-73)96-75-48-49-80-79-45-25-26-46-83(79)95(85(80)59-75)88-51-64(3)82(60-92-88)67-35-17-9-18-36-67)61-94(84)90-81(71-53-69(65-31-13-7-14-32-65)52-70(54-71)66-33-15-8-16-34-66)56-72(91(4,5)6)57-87(90)97(76-39-19-10-20-40-76,77-41-21-11-22-42-77)78-43-23-12-24-44-78/h7-60H,1-6H3/i1D3,2D3,3D3,7D,8D,9D,10D,11D,12D,13D,14D,15D,16D,17D,18D,19D,20D,21D,22D,23D,24D,31D,32D,33D,34D,35D,36D,39D,40D,41D,42D,43D,44D,52D,53D,54D. The van der Waals surface area contributed by atoms with Gasteiger partial charge in [0.25, 0.3) is 6.33 Å². The van der Waals surface area contributed by atoms with E-state index < -0.39 is 321 Å². The quantitative estimate of drug-likeness (QED) is 0.0471. The van der Waals surface area contributed by atoms with Crippen LogP contribution in [0.5, 0.6) is 11.5 Å². The third kappa shape index (κ3) is 11.0. The number of benzene rings is 13. The van der Waals surface area contributed by atoms with Gasteiger partial charge >= 0.3 is 0 Å². The average Bonchev–Trinajstić information content (AvgIpc) is 1.49. The van der Waals surface area contributed by atoms with Gasteiger partial charge in [-0.1, -0.05) is 269 Å². The molecule has 97 heavy (non-hydrogen) atoms. The number of hydrogen-bond donors (Lipinski definition) is 0. The van der Waals surface area contributed by atoms with E-state index in [1.54, 1.807) is 67.8 Å². The molecule has 0 amide bonds. The van der Waals surface area contributed by atoms with Crippen LogP contribution in [0.25, 0.3) is 106 Å². The van der Waals surface area contributed by atoms with Crippen molar-refractivity contribution < 1.29 is 66.9 Å². The van der Waals surface area contributed by atoms with E-state index >= 15 is 0 Å². The summed E-state index contributed by atoms with van der Waals surface area (Å²) in [7, 11) is -6.80. The maximum absolute atomic E-state index is 11.0. The zero-order valence-corrected chi connectivity index (χ0v) is 52.3. The zero-order valence-electron chi connectivity index (χ0n) is 93.3. The molecule has 466 valence electrons. The first kappa shape index (κ1) is 29.9. The number of para-hydroxylation sites is 1. The topological polar surface area (TPSA) is 35.9 Å². The summed E-state index contributed by atoms with van der Waals surface area (Å²) in [6.45, 7) is -4.67. The fourth-order valence-electron chi connectivity index (χ4n) is 12.2. The normalized spacial score (nSPS) is 18.3. The van der Waals surface area contributed by atoms with Gasteiger partial charge in [0, 0.05) is 40.9 Å². The molecule has 6 heteroatoms. The largest absolute Gasteiger partial charge is 0.458 e. The first-order chi connectivity index (χ1) is 64.8. The third-order valence-electron chi connectivity index (χ3n) is 16.6. The lowest BCUT2D eigenvalue weighted by molar-refractivity contribution is -0.570. The molecule has 3 heterocycles. The van der Waals surface area contributed by atoms with E-state index in [0.717, 1.165) is 22.9 Å². The van der Waals surface area contributed by atoms with Crippen LogP contribution in [-0.4, -0.2) is 22.2 Å². The van der Waals surface area contributed by atoms with Crippen LogP contribution >= 0.6 is 0 Å². The Hall–Kier alpha value is -11.7. The molecule has 0 unspecified atom stereocenters. The number of rotatable bonds is 14. The first-order valence-electron chi connectivity index (χ1n) is 51.0. The van der Waals surface area contributed by atoms with E-state index in [-0.39, 0.29) is 50.7 Å². The summed E-state index contributed by atoms with van der Waals surface area (Å²) in [6.07, 6.45) is 4.39. The van der Waals surface area contributed by atoms with Gasteiger partial charge < -0.3 is 4.74 Å². The molecular weight excluding hydrogens is 1190 g/mol. The summed E-state index contributed by atoms with van der Waals surface area (Å²) in [5.41, 5.74) is -11.1. The van der Waals surface area contributed by atoms with Crippen LogP contribution in [0.4, 0.5) is 0 Å². The summed E-state index contributed by atoms with van der Waals surface area (Å²) < 4.78 is 407. The van der Waals surface area contributed by atoms with Crippen LogP contribution in [0.3, 0.4) is 0 Å². The lowest BCUT2D eigenvalue weighted by atomic mass is 9.84. The minimum Gasteiger partial charge on any atom is -0.458 e. The van der Waals surface area contributed by atoms with Gasteiger partial charge in [0.2, 0.25) is 0 Å². The molecule has 0 saturated carbocycles. The highest BCUT2D eigenvalue weighted by molar-refractivity contribution is 7.20. The van der Waals surface area contributed by atoms with Crippen molar-refractivity contribution in [3.05, 3.63) is 356 Å². The van der Waals surface area contributed by atoms with Gasteiger partial charge in [-0.25, -0.2) is 4.98 Å². The first-order valence-corrected chi connectivity index (χ1v) is 32.0. The van der Waals surface area contributed by atoms with Crippen LogP contribution in [-0.2, 0) is 5.41 Å². The molecule has 16 aromatic rings. The summed E-state index contributed by atoms with van der Waals surface area (Å²) in [5.74, 6) is -0.0884. The van der Waals surface area contributed by atoms with Crippen molar-refractivity contribution in [2.45, 2.75) is 46.7 Å². The van der Waals surface area contributed by atoms with E-state index in [9.17, 15) is 30.2 Å². The maximum atomic E-state index is 11.0. The molecule has 3 aromatic heterocycles. The highest BCUT2D eigenvalue weighted by Gasteiger charge is 2.45. The second kappa shape index (κ2) is 24.9. The second-order valence-corrected chi connectivity index (χ2v) is 26.9. The smallest absolute Gasteiger partial charge is 0.269 e. The van der Waals surface area contributed by atoms with E-state index in [2.05, 4.69) is 6.33 Å². The van der Waals surface area contributed by atoms with Gasteiger partial charge in [0.1, 0.15) is 17.3 Å². The SMILES string of the molecule is [2H]c1c([2H])c([2H])c(-c2cnc(-n3c4ccccc4c4ccc(Oc5cccc(-n6[c-][n+](-c7c(-c8c([2H])c(-c9c([2H])c([2H])c([2H])c([2H])c9[2H])c([2H])c(-c9c([2H])c([2H])c([2H])c([2H])c9[2H])c8[2H])cc(C(C)(C)C)cc7[Si](c7c([2H])c([2H])c([2H])c([2H])c7[2H])(c7c([2H])c([2H])c([2H])c([2H])c7[2H])c7c([2H])c([2H])c([2H])c([2H])c7[2H])c7ccc(-c8c(C([2H])([2H])[2H])cccc8C([2H])([2H])[2H])cc76)c5)cc43)cc2C([2H])([2H])[2H])c([2H])c1[2H]. The molecule has 0 aliphatic rings. The molecule has 0 aliphatic carbocycles. The molecule has 0 atom stereocenters. The van der Waals surface area contributed by atoms with Gasteiger partial charge in [-0.05, 0) is 186 Å². The Morgan fingerprint density at radius 2 is 1.01 bits per heavy atom. The molecule has 5 nitrogen and oxygen atoms in total. The monoisotopic (exact) mass is 1310 g/mol. The number of pyridine rings is 1. The van der Waals surface area contributed by atoms with Gasteiger partial charge in [0.15, 0.2) is 8.07 Å². The molecule has 16 rings (SSSR count). The number of aryl methyl sites for hydroxylation is 3. The lowest BCUT2D eigenvalue weighted by Crippen LogP contribution is -2.76. The number of ether oxygens (including phenoxy) is 1. The third-order valence-corrected chi connectivity index (χ3v) is 20.8. The molecule has 0 N–H and O–H groups in total. The minimum absolute atomic E-state index is 0.0298. The highest BCUT2D eigenvalue weighted by Crippen LogP contribution is 2.41. The van der Waals surface area contributed by atoms with Crippen LogP contribution in [0.1, 0.15) is 101 Å². The Kier molecular flexibility index (Phi) is 7.68. The van der Waals surface area contributed by atoms with Crippen molar-refractivity contribution >= 4 is 61.7 Å². The number of nitrogens with zero attached hydrogens (tertiary/aromatic N) is 4. The zero-order chi connectivity index (χ0) is 102. The molecule has 0 saturated heterocycles. The Morgan fingerprint density at radius 1 is 0.454 bits per heavy atom. The van der Waals surface area contributed by atoms with Gasteiger partial charge in [-0.15, -0.1) is 0 Å². The van der Waals surface area contributed by atoms with Gasteiger partial charge in [-0.3, -0.25) is 13.7 Å². The van der Waals surface area contributed by atoms with Crippen molar-refractivity contribution in [3.8, 4) is 84.3 Å². The van der Waals surface area contributed by atoms with Crippen molar-refractivity contribution in [2.24, 2.45) is 0 Å². The van der Waals surface area contributed by atoms with E-state index in [1.807, 2.05) is 0 Å². The van der Waals surface area contributed by atoms with Crippen molar-refractivity contribution in [3.63, 3.8) is 0 Å². The lowest BCUT2D eigenvalue weighted by Gasteiger charge is -2.38. The molecule has 0 fully saturated rings. The van der Waals surface area contributed by atoms with Crippen molar-refractivity contribution in [1.29, 1.82) is 0 Å². The van der Waals surface area contributed by atoms with Crippen LogP contribution in [0.15, 0.2) is 327 Å². The predicted molar refractivity (Wildman–Crippen MR) is 406 cm³/mol. The van der Waals surface area contributed by atoms with Gasteiger partial charge in [-0.2, -0.15) is 0 Å². The van der Waals surface area contributed by atoms with Gasteiger partial charge in [0.05, 0.1) is 78.7 Å². The predicted octanol–water partition coefficient (Wildman–Crippen LogP) is 19.9. The Labute approximate surface area is 628 Å². The molecule has 0 radical (unpaired) electrons. The summed E-state index contributed by atoms with van der Waals surface area (Å²) in [6, 6.07) is -8.50. The highest BCUT2D eigenvalue weighted by atomic mass is 28.3. The summed E-state index contributed by atoms with van der Waals surface area (Å²) in [4.78, 5) is 4.70. The number of aromatic nitrogens is 4. The Bertz CT molecular complexity index is 7620. The number of imidazole rings is 1. The molecular formula is C91H72N4OSi.